The summed E-state index contributed by atoms with van der Waals surface area (Å²) < 4.78 is 13.4. The summed E-state index contributed by atoms with van der Waals surface area (Å²) in [5.41, 5.74) is 1.83. The van der Waals surface area contributed by atoms with Crippen molar-refractivity contribution >= 4 is 5.69 Å². The van der Waals surface area contributed by atoms with Gasteiger partial charge in [0.2, 0.25) is 0 Å². The molecular formula is C12H18FNO2. The number of nitrogens with zero attached hydrogens (tertiary/aromatic N) is 1. The molecule has 2 N–H and O–H groups in total. The molecule has 3 nitrogen and oxygen atoms in total. The van der Waals surface area contributed by atoms with Gasteiger partial charge in [-0.3, -0.25) is 0 Å². The lowest BCUT2D eigenvalue weighted by Gasteiger charge is -2.23. The van der Waals surface area contributed by atoms with Gasteiger partial charge in [-0.15, -0.1) is 0 Å². The van der Waals surface area contributed by atoms with E-state index in [2.05, 4.69) is 0 Å². The van der Waals surface area contributed by atoms with E-state index in [0.29, 0.717) is 17.7 Å². The monoisotopic (exact) mass is 227 g/mol. The van der Waals surface area contributed by atoms with Gasteiger partial charge in [0.1, 0.15) is 5.82 Å². The molecule has 0 aliphatic carbocycles. The van der Waals surface area contributed by atoms with Crippen LogP contribution >= 0.6 is 0 Å². The molecule has 4 heteroatoms. The predicted molar refractivity (Wildman–Crippen MR) is 62.1 cm³/mol. The molecule has 0 saturated carbocycles. The average Bonchev–Trinajstić information content (AvgIpc) is 2.21. The molecule has 1 atom stereocenters. The summed E-state index contributed by atoms with van der Waals surface area (Å²) in [6.45, 7) is 3.74. The largest absolute Gasteiger partial charge is 0.395 e. The van der Waals surface area contributed by atoms with Crippen molar-refractivity contribution in [3.05, 3.63) is 29.1 Å². The molecule has 0 bridgehead atoms. The molecule has 0 unspecified atom stereocenters. The van der Waals surface area contributed by atoms with Crippen LogP contribution in [0.4, 0.5) is 10.1 Å². The quantitative estimate of drug-likeness (QED) is 0.821. The average molecular weight is 227 g/mol. The number of halogens is 1. The normalized spacial score (nSPS) is 12.6. The third-order valence-electron chi connectivity index (χ3n) is 2.60. The number of aliphatic hydroxyl groups excluding tert-OH is 2. The molecule has 0 amide bonds. The van der Waals surface area contributed by atoms with E-state index >= 15 is 0 Å². The van der Waals surface area contributed by atoms with E-state index in [4.69, 9.17) is 5.11 Å². The SMILES string of the molecule is Cc1cc(N(C)CCO)c([C@H](C)O)cc1F. The first kappa shape index (κ1) is 12.9. The molecule has 0 fully saturated rings. The molecule has 1 aromatic carbocycles. The third kappa shape index (κ3) is 2.71. The van der Waals surface area contributed by atoms with Gasteiger partial charge >= 0.3 is 0 Å². The summed E-state index contributed by atoms with van der Waals surface area (Å²) in [6, 6.07) is 3.04. The molecular weight excluding hydrogens is 209 g/mol. The van der Waals surface area contributed by atoms with Gasteiger partial charge in [0.15, 0.2) is 0 Å². The zero-order valence-electron chi connectivity index (χ0n) is 9.87. The Morgan fingerprint density at radius 3 is 2.56 bits per heavy atom. The second kappa shape index (κ2) is 5.27. The van der Waals surface area contributed by atoms with Gasteiger partial charge in [-0.25, -0.2) is 4.39 Å². The fourth-order valence-electron chi connectivity index (χ4n) is 1.62. The van der Waals surface area contributed by atoms with E-state index in [9.17, 15) is 9.50 Å². The maximum Gasteiger partial charge on any atom is 0.126 e. The first-order chi connectivity index (χ1) is 7.47. The summed E-state index contributed by atoms with van der Waals surface area (Å²) in [5, 5.41) is 18.5. The van der Waals surface area contributed by atoms with Crippen molar-refractivity contribution in [3.63, 3.8) is 0 Å². The standard InChI is InChI=1S/C12H18FNO2/c1-8-6-12(14(3)4-5-15)10(9(2)16)7-11(8)13/h6-7,9,15-16H,4-5H2,1-3H3/t9-/m0/s1. The summed E-state index contributed by atoms with van der Waals surface area (Å²) in [6.07, 6.45) is -0.730. The van der Waals surface area contributed by atoms with Crippen LogP contribution in [0.25, 0.3) is 0 Å². The number of hydrogen-bond acceptors (Lipinski definition) is 3. The minimum absolute atomic E-state index is 0.0200. The molecule has 16 heavy (non-hydrogen) atoms. The molecule has 1 aromatic rings. The van der Waals surface area contributed by atoms with E-state index in [1.54, 1.807) is 31.9 Å². The maximum atomic E-state index is 13.4. The lowest BCUT2D eigenvalue weighted by Crippen LogP contribution is -2.23. The number of hydrogen-bond donors (Lipinski definition) is 2. The Balaban J connectivity index is 3.19. The Bertz CT molecular complexity index is 366. The van der Waals surface area contributed by atoms with Crippen LogP contribution in [-0.4, -0.2) is 30.4 Å². The molecule has 0 spiro atoms. The highest BCUT2D eigenvalue weighted by atomic mass is 19.1. The van der Waals surface area contributed by atoms with E-state index in [-0.39, 0.29) is 12.4 Å². The highest BCUT2D eigenvalue weighted by Gasteiger charge is 2.14. The first-order valence-electron chi connectivity index (χ1n) is 5.27. The zero-order valence-corrected chi connectivity index (χ0v) is 9.87. The van der Waals surface area contributed by atoms with Crippen LogP contribution < -0.4 is 4.90 Å². The second-order valence-electron chi connectivity index (χ2n) is 3.98. The van der Waals surface area contributed by atoms with Gasteiger partial charge in [0, 0.05) is 24.8 Å². The van der Waals surface area contributed by atoms with Crippen LogP contribution in [0.15, 0.2) is 12.1 Å². The van der Waals surface area contributed by atoms with Crippen molar-refractivity contribution < 1.29 is 14.6 Å². The summed E-state index contributed by atoms with van der Waals surface area (Å²) in [4.78, 5) is 1.80. The van der Waals surface area contributed by atoms with Gasteiger partial charge in [0.25, 0.3) is 0 Å². The van der Waals surface area contributed by atoms with Crippen molar-refractivity contribution in [1.29, 1.82) is 0 Å². The number of rotatable bonds is 4. The van der Waals surface area contributed by atoms with Crippen LogP contribution in [0.1, 0.15) is 24.2 Å². The topological polar surface area (TPSA) is 43.7 Å². The van der Waals surface area contributed by atoms with E-state index < -0.39 is 6.10 Å². The molecule has 1 rings (SSSR count). The Morgan fingerprint density at radius 2 is 2.06 bits per heavy atom. The van der Waals surface area contributed by atoms with Crippen LogP contribution in [0.3, 0.4) is 0 Å². The lowest BCUT2D eigenvalue weighted by molar-refractivity contribution is 0.199. The van der Waals surface area contributed by atoms with Crippen molar-refractivity contribution in [2.75, 3.05) is 25.1 Å². The molecule has 0 saturated heterocycles. The van der Waals surface area contributed by atoms with Crippen molar-refractivity contribution in [3.8, 4) is 0 Å². The molecule has 0 radical (unpaired) electrons. The fourth-order valence-corrected chi connectivity index (χ4v) is 1.62. The van der Waals surface area contributed by atoms with Crippen molar-refractivity contribution in [2.24, 2.45) is 0 Å². The van der Waals surface area contributed by atoms with Gasteiger partial charge in [0.05, 0.1) is 12.7 Å². The second-order valence-corrected chi connectivity index (χ2v) is 3.98. The fraction of sp³-hybridized carbons (Fsp3) is 0.500. The van der Waals surface area contributed by atoms with Crippen LogP contribution in [-0.2, 0) is 0 Å². The highest BCUT2D eigenvalue weighted by Crippen LogP contribution is 2.28. The van der Waals surface area contributed by atoms with E-state index in [0.717, 1.165) is 5.69 Å². The highest BCUT2D eigenvalue weighted by molar-refractivity contribution is 5.56. The Kier molecular flexibility index (Phi) is 4.26. The lowest BCUT2D eigenvalue weighted by atomic mass is 10.0. The summed E-state index contributed by atoms with van der Waals surface area (Å²) in [5.74, 6) is -0.322. The molecule has 0 aromatic heterocycles. The van der Waals surface area contributed by atoms with Gasteiger partial charge in [-0.2, -0.15) is 0 Å². The number of anilines is 1. The minimum Gasteiger partial charge on any atom is -0.395 e. The Morgan fingerprint density at radius 1 is 1.44 bits per heavy atom. The van der Waals surface area contributed by atoms with E-state index in [1.807, 2.05) is 0 Å². The number of benzene rings is 1. The molecule has 0 heterocycles. The summed E-state index contributed by atoms with van der Waals surface area (Å²) in [7, 11) is 1.80. The van der Waals surface area contributed by atoms with Crippen molar-refractivity contribution in [1.82, 2.24) is 0 Å². The van der Waals surface area contributed by atoms with Gasteiger partial charge < -0.3 is 15.1 Å². The van der Waals surface area contributed by atoms with E-state index in [1.165, 1.54) is 6.07 Å². The summed E-state index contributed by atoms with van der Waals surface area (Å²) >= 11 is 0. The predicted octanol–water partition coefficient (Wildman–Crippen LogP) is 1.62. The number of likely N-dealkylation sites (N-methyl/N-ethyl adjacent to an activating group) is 1. The Hall–Kier alpha value is -1.13. The van der Waals surface area contributed by atoms with Crippen molar-refractivity contribution in [2.45, 2.75) is 20.0 Å². The molecule has 90 valence electrons. The first-order valence-corrected chi connectivity index (χ1v) is 5.27. The van der Waals surface area contributed by atoms with Crippen LogP contribution in [0, 0.1) is 12.7 Å². The van der Waals surface area contributed by atoms with Gasteiger partial charge in [-0.1, -0.05) is 0 Å². The molecule has 0 aliphatic heterocycles. The van der Waals surface area contributed by atoms with Crippen LogP contribution in [0.2, 0.25) is 0 Å². The number of aliphatic hydroxyl groups is 2. The molecule has 0 aliphatic rings. The van der Waals surface area contributed by atoms with Gasteiger partial charge in [-0.05, 0) is 31.5 Å². The smallest absolute Gasteiger partial charge is 0.126 e. The Labute approximate surface area is 95.1 Å². The maximum absolute atomic E-state index is 13.4. The third-order valence-corrected chi connectivity index (χ3v) is 2.60. The number of aryl methyl sites for hydroxylation is 1. The van der Waals surface area contributed by atoms with Crippen LogP contribution in [0.5, 0.6) is 0 Å². The minimum atomic E-state index is -0.730. The zero-order chi connectivity index (χ0) is 12.3.